The molecule has 0 spiro atoms. The van der Waals surface area contributed by atoms with E-state index in [9.17, 15) is 24.3 Å². The van der Waals surface area contributed by atoms with Crippen molar-refractivity contribution in [3.05, 3.63) is 65.9 Å². The highest BCUT2D eigenvalue weighted by Gasteiger charge is 2.43. The predicted octanol–water partition coefficient (Wildman–Crippen LogP) is 7.21. The van der Waals surface area contributed by atoms with Gasteiger partial charge in [-0.3, -0.25) is 9.59 Å². The number of hydrogen-bond donors (Lipinski definition) is 5. The van der Waals surface area contributed by atoms with Crippen molar-refractivity contribution in [3.8, 4) is 28.1 Å². The van der Waals surface area contributed by atoms with Crippen LogP contribution < -0.4 is 15.4 Å². The molecule has 5 heterocycles. The van der Waals surface area contributed by atoms with Crippen molar-refractivity contribution in [3.63, 3.8) is 0 Å². The number of H-pyrrole nitrogens is 2. The van der Waals surface area contributed by atoms with Gasteiger partial charge in [0.2, 0.25) is 11.8 Å². The molecule has 3 aromatic carbocycles. The fraction of sp³-hybridized carbons (Fsp3) is 0.467. The summed E-state index contributed by atoms with van der Waals surface area (Å²) in [5.74, 6) is 1.82. The van der Waals surface area contributed by atoms with Crippen molar-refractivity contribution >= 4 is 45.8 Å². The number of carbonyl (C=O) groups excluding carboxylic acids is 3. The molecule has 322 valence electrons. The topological polar surface area (TPSA) is 204 Å². The molecule has 0 saturated carbocycles. The standard InChI is InChI=1S/C45H54N8O8/c1-7-29-11-15-36(53(29)43(55)39(25(4)59-5)51-44(56)57)42-48-33-13-10-26-18-32-30-12-9-27(17-28(30)22-61-37(32)19-31(26)40(33)50-42)34-21-46-41(49-34)35-14-8-24(3)52(35)38(54)16-23(2)20-47-45(58)60-6/h9-10,12-13,17-19,21,23-25,29,35-36,39,51H,7-8,11,14-16,20,22H2,1-6H3,(H,46,49)(H,47,58)(H,48,50)(H,56,57)/t23?,24-,25+,29-,35-,36-,39-/m0/s1. The SMILES string of the molecule is CC[C@H]1CC[C@@H](c2nc3c(ccc4cc5c(cc43)OCc3cc(-c4cnc([C@@H]6CC[C@H](C)N6C(=O)CC(C)CNC(=O)OC)[nH]4)ccc3-5)[nH]2)N1C(=O)[C@@H](NC(=O)O)[C@@H](C)OC. The first-order chi connectivity index (χ1) is 29.4. The summed E-state index contributed by atoms with van der Waals surface area (Å²) in [6, 6.07) is 13.0. The Morgan fingerprint density at radius 1 is 0.967 bits per heavy atom. The molecule has 0 aliphatic carbocycles. The van der Waals surface area contributed by atoms with Crippen molar-refractivity contribution in [2.45, 2.75) is 109 Å². The molecule has 2 fully saturated rings. The van der Waals surface area contributed by atoms with Gasteiger partial charge in [-0.2, -0.15) is 0 Å². The van der Waals surface area contributed by atoms with Gasteiger partial charge in [-0.05, 0) is 98.2 Å². The number of nitrogens with one attached hydrogen (secondary N) is 4. The smallest absolute Gasteiger partial charge is 0.406 e. The first-order valence-corrected chi connectivity index (χ1v) is 21.1. The number of nitrogens with zero attached hydrogens (tertiary/aromatic N) is 4. The molecule has 1 unspecified atom stereocenters. The van der Waals surface area contributed by atoms with Gasteiger partial charge >= 0.3 is 12.2 Å². The monoisotopic (exact) mass is 834 g/mol. The lowest BCUT2D eigenvalue weighted by molar-refractivity contribution is -0.140. The van der Waals surface area contributed by atoms with Crippen LogP contribution in [0.3, 0.4) is 0 Å². The van der Waals surface area contributed by atoms with Crippen LogP contribution in [0, 0.1) is 5.92 Å². The van der Waals surface area contributed by atoms with Gasteiger partial charge < -0.3 is 49.7 Å². The van der Waals surface area contributed by atoms with Crippen molar-refractivity contribution in [1.82, 2.24) is 40.4 Å². The van der Waals surface area contributed by atoms with Gasteiger partial charge in [-0.15, -0.1) is 0 Å². The highest BCUT2D eigenvalue weighted by Crippen LogP contribution is 2.44. The highest BCUT2D eigenvalue weighted by molar-refractivity contribution is 6.07. The molecule has 0 bridgehead atoms. The maximum atomic E-state index is 14.0. The molecule has 4 amide bonds. The van der Waals surface area contributed by atoms with E-state index in [2.05, 4.69) is 62.6 Å². The lowest BCUT2D eigenvalue weighted by Gasteiger charge is -2.34. The van der Waals surface area contributed by atoms with Gasteiger partial charge in [0.25, 0.3) is 0 Å². The second-order valence-electron chi connectivity index (χ2n) is 16.7. The molecule has 16 heteroatoms. The molecule has 0 radical (unpaired) electrons. The van der Waals surface area contributed by atoms with Gasteiger partial charge in [-0.25, -0.2) is 19.6 Å². The molecule has 8 rings (SSSR count). The fourth-order valence-electron chi connectivity index (χ4n) is 9.46. The van der Waals surface area contributed by atoms with Gasteiger partial charge in [0.15, 0.2) is 0 Å². The van der Waals surface area contributed by atoms with Crippen LogP contribution in [0.2, 0.25) is 0 Å². The van der Waals surface area contributed by atoms with E-state index < -0.39 is 24.3 Å². The summed E-state index contributed by atoms with van der Waals surface area (Å²) in [7, 11) is 2.78. The molecule has 2 saturated heterocycles. The zero-order chi connectivity index (χ0) is 43.1. The van der Waals surface area contributed by atoms with Crippen molar-refractivity contribution in [1.29, 1.82) is 0 Å². The maximum Gasteiger partial charge on any atom is 0.406 e. The summed E-state index contributed by atoms with van der Waals surface area (Å²) in [5, 5.41) is 16.5. The minimum atomic E-state index is -1.28. The van der Waals surface area contributed by atoms with Gasteiger partial charge in [-0.1, -0.05) is 32.0 Å². The number of likely N-dealkylation sites (tertiary alicyclic amines) is 2. The second-order valence-corrected chi connectivity index (χ2v) is 16.7. The number of rotatable bonds is 12. The molecule has 7 atom stereocenters. The number of alkyl carbamates (subject to hydrolysis) is 1. The van der Waals surface area contributed by atoms with Gasteiger partial charge in [0.1, 0.15) is 30.0 Å². The average molecular weight is 835 g/mol. The molecular formula is C45H54N8O8. The first-order valence-electron chi connectivity index (χ1n) is 21.1. The zero-order valence-electron chi connectivity index (χ0n) is 35.4. The Morgan fingerprint density at radius 3 is 2.51 bits per heavy atom. The van der Waals surface area contributed by atoms with Crippen molar-refractivity contribution in [2.24, 2.45) is 5.92 Å². The van der Waals surface area contributed by atoms with Crippen molar-refractivity contribution < 1.29 is 38.5 Å². The van der Waals surface area contributed by atoms with E-state index in [0.29, 0.717) is 31.8 Å². The summed E-state index contributed by atoms with van der Waals surface area (Å²) in [5.41, 5.74) is 6.53. The molecule has 3 aliphatic heterocycles. The molecule has 16 nitrogen and oxygen atoms in total. The first kappa shape index (κ1) is 41.6. The Hall–Kier alpha value is -6.16. The van der Waals surface area contributed by atoms with E-state index >= 15 is 0 Å². The third kappa shape index (κ3) is 7.96. The number of fused-ring (bicyclic) bond motifs is 6. The molecule has 3 aliphatic rings. The second kappa shape index (κ2) is 17.1. The quantitative estimate of drug-likeness (QED) is 0.0854. The van der Waals surface area contributed by atoms with Crippen LogP contribution >= 0.6 is 0 Å². The Morgan fingerprint density at radius 2 is 1.75 bits per heavy atom. The number of benzene rings is 3. The highest BCUT2D eigenvalue weighted by atomic mass is 16.5. The van der Waals surface area contributed by atoms with Crippen LogP contribution in [0.4, 0.5) is 9.59 Å². The van der Waals surface area contributed by atoms with Crippen LogP contribution in [0.15, 0.2) is 48.7 Å². The Labute approximate surface area is 353 Å². The number of hydrogen-bond acceptors (Lipinski definition) is 9. The maximum absolute atomic E-state index is 14.0. The number of aromatic nitrogens is 4. The van der Waals surface area contributed by atoms with Crippen LogP contribution in [-0.2, 0) is 25.7 Å². The summed E-state index contributed by atoms with van der Waals surface area (Å²) < 4.78 is 16.5. The number of amides is 4. The molecule has 61 heavy (non-hydrogen) atoms. The summed E-state index contributed by atoms with van der Waals surface area (Å²) in [6.07, 6.45) is 3.55. The number of aromatic amines is 2. The Bertz CT molecular complexity index is 2480. The van der Waals surface area contributed by atoms with E-state index in [1.54, 1.807) is 11.8 Å². The number of carbonyl (C=O) groups is 4. The third-order valence-corrected chi connectivity index (χ3v) is 12.8. The Balaban J connectivity index is 1.03. The fourth-order valence-corrected chi connectivity index (χ4v) is 9.46. The normalized spacial score (nSPS) is 21.1. The van der Waals surface area contributed by atoms with Crippen LogP contribution in [0.25, 0.3) is 44.2 Å². The van der Waals surface area contributed by atoms with Gasteiger partial charge in [0.05, 0.1) is 48.2 Å². The van der Waals surface area contributed by atoms with E-state index in [4.69, 9.17) is 19.4 Å². The zero-order valence-corrected chi connectivity index (χ0v) is 35.4. The van der Waals surface area contributed by atoms with Crippen molar-refractivity contribution in [2.75, 3.05) is 20.8 Å². The third-order valence-electron chi connectivity index (χ3n) is 12.8. The number of carboxylic acid groups (broad SMARTS) is 1. The summed E-state index contributed by atoms with van der Waals surface area (Å²) >= 11 is 0. The molecule has 2 aromatic heterocycles. The average Bonchev–Trinajstić information content (AvgIpc) is 4.08. The lowest BCUT2D eigenvalue weighted by Crippen LogP contribution is -2.55. The predicted molar refractivity (Wildman–Crippen MR) is 228 cm³/mol. The van der Waals surface area contributed by atoms with Gasteiger partial charge in [0, 0.05) is 43.1 Å². The lowest BCUT2D eigenvalue weighted by atomic mass is 9.92. The van der Waals surface area contributed by atoms with E-state index in [1.165, 1.54) is 14.2 Å². The number of ether oxygens (including phenoxy) is 3. The summed E-state index contributed by atoms with van der Waals surface area (Å²) in [4.78, 5) is 71.4. The van der Waals surface area contributed by atoms with Crippen LogP contribution in [-0.4, -0.2) is 104 Å². The van der Waals surface area contributed by atoms with Crippen LogP contribution in [0.5, 0.6) is 5.75 Å². The van der Waals surface area contributed by atoms with E-state index in [0.717, 1.165) is 87.0 Å². The number of imidazole rings is 2. The largest absolute Gasteiger partial charge is 0.488 e. The van der Waals surface area contributed by atoms with E-state index in [1.807, 2.05) is 37.1 Å². The minimum Gasteiger partial charge on any atom is -0.488 e. The minimum absolute atomic E-state index is 0.0357. The number of methoxy groups -OCH3 is 2. The molecular weight excluding hydrogens is 781 g/mol. The molecule has 5 aromatic rings. The van der Waals surface area contributed by atoms with Crippen LogP contribution in [0.1, 0.15) is 95.5 Å². The molecule has 5 N–H and O–H groups in total. The summed E-state index contributed by atoms with van der Waals surface area (Å²) in [6.45, 7) is 8.45. The van der Waals surface area contributed by atoms with E-state index in [-0.39, 0.29) is 41.9 Å². The Kier molecular flexibility index (Phi) is 11.6.